The second-order valence-electron chi connectivity index (χ2n) is 5.62. The minimum atomic E-state index is -0.141. The van der Waals surface area contributed by atoms with Gasteiger partial charge < -0.3 is 20.1 Å². The Hall–Kier alpha value is -0.460. The first-order chi connectivity index (χ1) is 9.69. The van der Waals surface area contributed by atoms with Crippen molar-refractivity contribution in [3.63, 3.8) is 0 Å². The van der Waals surface area contributed by atoms with Gasteiger partial charge in [0.05, 0.1) is 6.10 Å². The largest absolute Gasteiger partial charge is 0.393 e. The maximum absolute atomic E-state index is 9.59. The minimum absolute atomic E-state index is 0.141. The van der Waals surface area contributed by atoms with Crippen molar-refractivity contribution < 1.29 is 9.84 Å². The Kier molecular flexibility index (Phi) is 5.99. The van der Waals surface area contributed by atoms with Crippen LogP contribution in [0.5, 0.6) is 0 Å². The molecule has 0 aliphatic carbocycles. The van der Waals surface area contributed by atoms with Crippen molar-refractivity contribution in [1.29, 1.82) is 0 Å². The molecular weight excluding hydrogens is 274 g/mol. The Morgan fingerprint density at radius 1 is 1.40 bits per heavy atom. The topological polar surface area (TPSA) is 57.1 Å². The van der Waals surface area contributed by atoms with Crippen LogP contribution < -0.4 is 5.32 Å². The average Bonchev–Trinajstić information content (AvgIpc) is 2.50. The maximum Gasteiger partial charge on any atom is 0.193 e. The Morgan fingerprint density at radius 3 is 2.60 bits per heavy atom. The summed E-state index contributed by atoms with van der Waals surface area (Å²) in [6.45, 7) is 4.42. The fraction of sp³-hybridized carbons (Fsp3) is 0.929. The first-order valence-corrected chi connectivity index (χ1v) is 8.68. The van der Waals surface area contributed by atoms with Gasteiger partial charge in [0.2, 0.25) is 0 Å². The van der Waals surface area contributed by atoms with Crippen molar-refractivity contribution in [2.45, 2.75) is 36.5 Å². The van der Waals surface area contributed by atoms with E-state index in [9.17, 15) is 5.11 Å². The Morgan fingerprint density at radius 2 is 2.05 bits per heavy atom. The van der Waals surface area contributed by atoms with Crippen LogP contribution in [0, 0.1) is 0 Å². The third kappa shape index (κ3) is 4.02. The molecule has 0 unspecified atom stereocenters. The predicted molar refractivity (Wildman–Crippen MR) is 84.5 cm³/mol. The highest BCUT2D eigenvalue weighted by Crippen LogP contribution is 2.33. The molecular formula is C14H27N3O2S. The van der Waals surface area contributed by atoms with Gasteiger partial charge in [-0.05, 0) is 31.9 Å². The van der Waals surface area contributed by atoms with Crippen LogP contribution in [0.1, 0.15) is 25.7 Å². The minimum Gasteiger partial charge on any atom is -0.393 e. The number of nitrogens with zero attached hydrogens (tertiary/aromatic N) is 2. The lowest BCUT2D eigenvalue weighted by molar-refractivity contribution is 0.0776. The highest BCUT2D eigenvalue weighted by Gasteiger charge is 2.32. The quantitative estimate of drug-likeness (QED) is 0.600. The normalized spacial score (nSPS) is 24.8. The zero-order valence-electron chi connectivity index (χ0n) is 12.6. The lowest BCUT2D eigenvalue weighted by atomic mass is 9.99. The number of hydrogen-bond acceptors (Lipinski definition) is 4. The molecule has 0 aromatic rings. The summed E-state index contributed by atoms with van der Waals surface area (Å²) in [6.07, 6.45) is 5.91. The van der Waals surface area contributed by atoms with Crippen molar-refractivity contribution >= 4 is 17.7 Å². The van der Waals surface area contributed by atoms with E-state index in [1.54, 1.807) is 0 Å². The molecule has 0 saturated carbocycles. The second kappa shape index (κ2) is 7.52. The summed E-state index contributed by atoms with van der Waals surface area (Å²) in [4.78, 5) is 6.65. The van der Waals surface area contributed by atoms with Gasteiger partial charge >= 0.3 is 0 Å². The van der Waals surface area contributed by atoms with E-state index in [0.717, 1.165) is 64.5 Å². The van der Waals surface area contributed by atoms with E-state index in [1.165, 1.54) is 0 Å². The Balaban J connectivity index is 1.87. The van der Waals surface area contributed by atoms with Crippen molar-refractivity contribution in [2.75, 3.05) is 46.2 Å². The fourth-order valence-corrected chi connectivity index (χ4v) is 3.64. The van der Waals surface area contributed by atoms with Gasteiger partial charge in [0.15, 0.2) is 5.96 Å². The summed E-state index contributed by atoms with van der Waals surface area (Å²) in [6, 6.07) is 0. The molecule has 116 valence electrons. The molecule has 0 amide bonds. The molecule has 0 bridgehead atoms. The van der Waals surface area contributed by atoms with E-state index < -0.39 is 0 Å². The van der Waals surface area contributed by atoms with Gasteiger partial charge in [0.25, 0.3) is 0 Å². The van der Waals surface area contributed by atoms with Crippen LogP contribution in [-0.4, -0.2) is 73.0 Å². The average molecular weight is 301 g/mol. The highest BCUT2D eigenvalue weighted by atomic mass is 32.2. The number of guanidine groups is 1. The van der Waals surface area contributed by atoms with Gasteiger partial charge in [0, 0.05) is 44.6 Å². The van der Waals surface area contributed by atoms with Gasteiger partial charge in [-0.2, -0.15) is 11.8 Å². The molecule has 2 rings (SSSR count). The number of aliphatic hydroxyl groups excluding tert-OH is 1. The smallest absolute Gasteiger partial charge is 0.193 e. The number of thioether (sulfide) groups is 1. The van der Waals surface area contributed by atoms with E-state index >= 15 is 0 Å². The van der Waals surface area contributed by atoms with Crippen LogP contribution in [0.25, 0.3) is 0 Å². The van der Waals surface area contributed by atoms with E-state index in [0.29, 0.717) is 0 Å². The number of nitrogens with one attached hydrogen (secondary N) is 1. The summed E-state index contributed by atoms with van der Waals surface area (Å²) in [7, 11) is 1.84. The van der Waals surface area contributed by atoms with Crippen molar-refractivity contribution in [2.24, 2.45) is 4.99 Å². The zero-order chi connectivity index (χ0) is 14.4. The summed E-state index contributed by atoms with van der Waals surface area (Å²) < 4.78 is 5.75. The standard InChI is InChI=1S/C14H27N3O2S/c1-15-13(17-7-3-12(18)4-8-17)16-11-14(20-2)5-9-19-10-6-14/h12,18H,3-11H2,1-2H3,(H,15,16). The third-order valence-electron chi connectivity index (χ3n) is 4.38. The molecule has 2 N–H and O–H groups in total. The molecule has 0 radical (unpaired) electrons. The van der Waals surface area contributed by atoms with E-state index in [1.807, 2.05) is 18.8 Å². The van der Waals surface area contributed by atoms with Crippen molar-refractivity contribution in [3.05, 3.63) is 0 Å². The van der Waals surface area contributed by atoms with Crippen molar-refractivity contribution in [3.8, 4) is 0 Å². The van der Waals surface area contributed by atoms with Crippen LogP contribution in [-0.2, 0) is 4.74 Å². The van der Waals surface area contributed by atoms with Crippen LogP contribution in [0.4, 0.5) is 0 Å². The summed E-state index contributed by atoms with van der Waals surface area (Å²) in [5.74, 6) is 0.969. The summed E-state index contributed by atoms with van der Waals surface area (Å²) >= 11 is 1.94. The van der Waals surface area contributed by atoms with E-state index in [-0.39, 0.29) is 10.9 Å². The molecule has 0 aromatic heterocycles. The van der Waals surface area contributed by atoms with Gasteiger partial charge in [-0.15, -0.1) is 0 Å². The fourth-order valence-electron chi connectivity index (χ4n) is 2.85. The van der Waals surface area contributed by atoms with Gasteiger partial charge in [-0.3, -0.25) is 4.99 Å². The molecule has 2 fully saturated rings. The molecule has 2 aliphatic heterocycles. The van der Waals surface area contributed by atoms with Gasteiger partial charge in [0.1, 0.15) is 0 Å². The lowest BCUT2D eigenvalue weighted by Gasteiger charge is -2.38. The number of hydrogen-bond donors (Lipinski definition) is 2. The highest BCUT2D eigenvalue weighted by molar-refractivity contribution is 8.00. The van der Waals surface area contributed by atoms with Crippen LogP contribution in [0.2, 0.25) is 0 Å². The number of likely N-dealkylation sites (tertiary alicyclic amines) is 1. The molecule has 2 saturated heterocycles. The molecule has 6 heteroatoms. The lowest BCUT2D eigenvalue weighted by Crippen LogP contribution is -2.51. The molecule has 2 heterocycles. The first-order valence-electron chi connectivity index (χ1n) is 7.46. The molecule has 0 atom stereocenters. The number of aliphatic imine (C=N–C) groups is 1. The summed E-state index contributed by atoms with van der Waals surface area (Å²) in [5, 5.41) is 13.1. The molecule has 2 aliphatic rings. The summed E-state index contributed by atoms with van der Waals surface area (Å²) in [5.41, 5.74) is 0. The Labute approximate surface area is 126 Å². The van der Waals surface area contributed by atoms with E-state index in [4.69, 9.17) is 4.74 Å². The molecule has 0 spiro atoms. The Bertz CT molecular complexity index is 324. The SMILES string of the molecule is CN=C(NCC1(SC)CCOCC1)N1CCC(O)CC1. The number of rotatable bonds is 3. The van der Waals surface area contributed by atoms with E-state index in [2.05, 4.69) is 21.5 Å². The first kappa shape index (κ1) is 15.9. The molecule has 0 aromatic carbocycles. The van der Waals surface area contributed by atoms with Gasteiger partial charge in [-0.1, -0.05) is 0 Å². The monoisotopic (exact) mass is 301 g/mol. The third-order valence-corrected chi connectivity index (χ3v) is 5.80. The zero-order valence-corrected chi connectivity index (χ0v) is 13.4. The van der Waals surface area contributed by atoms with Crippen LogP contribution >= 0.6 is 11.8 Å². The van der Waals surface area contributed by atoms with Crippen LogP contribution in [0.3, 0.4) is 0 Å². The van der Waals surface area contributed by atoms with Crippen molar-refractivity contribution in [1.82, 2.24) is 10.2 Å². The number of aliphatic hydroxyl groups is 1. The number of piperidine rings is 1. The molecule has 20 heavy (non-hydrogen) atoms. The number of ether oxygens (including phenoxy) is 1. The second-order valence-corrected chi connectivity index (χ2v) is 6.89. The van der Waals surface area contributed by atoms with Gasteiger partial charge in [-0.25, -0.2) is 0 Å². The van der Waals surface area contributed by atoms with Crippen LogP contribution in [0.15, 0.2) is 4.99 Å². The predicted octanol–water partition coefficient (Wildman–Crippen LogP) is 0.931. The maximum atomic E-state index is 9.59. The molecule has 5 nitrogen and oxygen atoms in total.